The molecular weight excluding hydrogens is 524 g/mol. The largest absolute Gasteiger partial charge is 0.458 e. The molecule has 3 fully saturated rings. The molecule has 0 spiro atoms. The molecular formula is C29H42O9S. The summed E-state index contributed by atoms with van der Waals surface area (Å²) < 4.78 is 47.6. The van der Waals surface area contributed by atoms with Gasteiger partial charge in [0.2, 0.25) is 0 Å². The fourth-order valence-corrected chi connectivity index (χ4v) is 9.86. The second-order valence-corrected chi connectivity index (χ2v) is 14.0. The van der Waals surface area contributed by atoms with Gasteiger partial charge in [-0.25, -0.2) is 8.98 Å². The number of carbonyl (C=O) groups is 2. The number of cyclic esters (lactones) is 1. The van der Waals surface area contributed by atoms with Gasteiger partial charge >= 0.3 is 16.4 Å². The van der Waals surface area contributed by atoms with Crippen LogP contribution in [0.15, 0.2) is 22.8 Å². The molecule has 0 saturated heterocycles. The van der Waals surface area contributed by atoms with E-state index >= 15 is 0 Å². The van der Waals surface area contributed by atoms with Gasteiger partial charge in [0.15, 0.2) is 0 Å². The molecule has 10 heteroatoms. The second-order valence-electron chi connectivity index (χ2n) is 12.9. The first-order valence-corrected chi connectivity index (χ1v) is 15.6. The van der Waals surface area contributed by atoms with E-state index in [0.29, 0.717) is 30.3 Å². The Morgan fingerprint density at radius 1 is 1.13 bits per heavy atom. The van der Waals surface area contributed by atoms with Crippen molar-refractivity contribution in [2.75, 3.05) is 20.3 Å². The van der Waals surface area contributed by atoms with Crippen molar-refractivity contribution in [2.24, 2.45) is 40.4 Å². The molecule has 0 aromatic rings. The molecule has 0 amide bonds. The number of allylic oxidation sites excluding steroid dienone is 1. The lowest BCUT2D eigenvalue weighted by molar-refractivity contribution is -0.155. The minimum atomic E-state index is -4.63. The first-order chi connectivity index (χ1) is 18.3. The number of hydrogen-bond donors (Lipinski definition) is 2. The van der Waals surface area contributed by atoms with E-state index in [0.717, 1.165) is 43.3 Å². The molecule has 1 heterocycles. The molecule has 9 unspecified atom stereocenters. The third kappa shape index (κ3) is 4.84. The molecule has 0 bridgehead atoms. The van der Waals surface area contributed by atoms with Gasteiger partial charge in [-0.3, -0.25) is 9.35 Å². The van der Waals surface area contributed by atoms with Crippen LogP contribution in [0.2, 0.25) is 0 Å². The van der Waals surface area contributed by atoms with Crippen molar-refractivity contribution in [1.29, 1.82) is 0 Å². The summed E-state index contributed by atoms with van der Waals surface area (Å²) in [5.41, 5.74) is 1.77. The molecule has 0 aromatic heterocycles. The number of rotatable bonds is 7. The minimum absolute atomic E-state index is 0.0158. The Bertz CT molecular complexity index is 1190. The lowest BCUT2D eigenvalue weighted by Crippen LogP contribution is -2.55. The first-order valence-electron chi connectivity index (χ1n) is 14.2. The molecule has 1 aliphatic heterocycles. The van der Waals surface area contributed by atoms with Gasteiger partial charge < -0.3 is 14.6 Å². The summed E-state index contributed by atoms with van der Waals surface area (Å²) in [6.45, 7) is 6.48. The van der Waals surface area contributed by atoms with Crippen molar-refractivity contribution in [3.05, 3.63) is 22.8 Å². The Morgan fingerprint density at radius 2 is 1.87 bits per heavy atom. The third-order valence-corrected chi connectivity index (χ3v) is 11.8. The van der Waals surface area contributed by atoms with Crippen LogP contribution in [0.5, 0.6) is 0 Å². The Hall–Kier alpha value is -1.59. The SMILES string of the molecule is COCC1=C(C)CC(C(CO)C2CCC3C4CC=C5CC(OS(=O)(=O)O)CC(=O)C5(C)C4CCC23C)OC1=O. The smallest absolute Gasteiger partial charge is 0.397 e. The van der Waals surface area contributed by atoms with Crippen molar-refractivity contribution < 1.29 is 41.3 Å². The molecule has 9 nitrogen and oxygen atoms in total. The molecule has 39 heavy (non-hydrogen) atoms. The highest BCUT2D eigenvalue weighted by molar-refractivity contribution is 7.80. The Kier molecular flexibility index (Phi) is 7.68. The highest BCUT2D eigenvalue weighted by Crippen LogP contribution is 2.67. The normalized spacial score (nSPS) is 41.3. The van der Waals surface area contributed by atoms with E-state index in [9.17, 15) is 23.1 Å². The Balaban J connectivity index is 1.37. The summed E-state index contributed by atoms with van der Waals surface area (Å²) >= 11 is 0. The van der Waals surface area contributed by atoms with Gasteiger partial charge in [-0.2, -0.15) is 8.42 Å². The van der Waals surface area contributed by atoms with Gasteiger partial charge in [-0.15, -0.1) is 0 Å². The zero-order valence-corrected chi connectivity index (χ0v) is 24.2. The number of methoxy groups -OCH3 is 1. The van der Waals surface area contributed by atoms with E-state index in [1.807, 2.05) is 13.8 Å². The number of aliphatic hydroxyl groups excluding tert-OH is 1. The third-order valence-electron chi connectivity index (χ3n) is 11.3. The number of ether oxygens (including phenoxy) is 2. The number of ketones is 1. The summed E-state index contributed by atoms with van der Waals surface area (Å²) in [6, 6.07) is 0. The maximum absolute atomic E-state index is 13.5. The van der Waals surface area contributed by atoms with Gasteiger partial charge in [0.1, 0.15) is 11.9 Å². The van der Waals surface area contributed by atoms with Crippen molar-refractivity contribution in [3.63, 3.8) is 0 Å². The van der Waals surface area contributed by atoms with Crippen LogP contribution in [0.1, 0.15) is 72.1 Å². The highest BCUT2D eigenvalue weighted by atomic mass is 32.3. The number of esters is 1. The molecule has 5 aliphatic rings. The van der Waals surface area contributed by atoms with Crippen LogP contribution in [0.4, 0.5) is 0 Å². The minimum Gasteiger partial charge on any atom is -0.458 e. The topological polar surface area (TPSA) is 136 Å². The number of Topliss-reactive ketones (excluding diaryl/α,β-unsaturated/α-hetero) is 1. The molecule has 5 rings (SSSR count). The monoisotopic (exact) mass is 566 g/mol. The maximum Gasteiger partial charge on any atom is 0.397 e. The van der Waals surface area contributed by atoms with Gasteiger partial charge in [0.05, 0.1) is 23.7 Å². The van der Waals surface area contributed by atoms with Crippen LogP contribution < -0.4 is 0 Å². The van der Waals surface area contributed by atoms with Gasteiger partial charge in [0.25, 0.3) is 0 Å². The van der Waals surface area contributed by atoms with Crippen molar-refractivity contribution in [1.82, 2.24) is 0 Å². The van der Waals surface area contributed by atoms with Crippen LogP contribution in [0, 0.1) is 40.4 Å². The van der Waals surface area contributed by atoms with E-state index in [2.05, 4.69) is 13.0 Å². The summed E-state index contributed by atoms with van der Waals surface area (Å²) in [7, 11) is -3.07. The number of fused-ring (bicyclic) bond motifs is 5. The Morgan fingerprint density at radius 3 is 2.51 bits per heavy atom. The zero-order valence-electron chi connectivity index (χ0n) is 23.4. The van der Waals surface area contributed by atoms with Crippen molar-refractivity contribution in [2.45, 2.75) is 84.3 Å². The van der Waals surface area contributed by atoms with Crippen LogP contribution in [-0.2, 0) is 33.6 Å². The van der Waals surface area contributed by atoms with Crippen molar-refractivity contribution in [3.8, 4) is 0 Å². The number of hydrogen-bond acceptors (Lipinski definition) is 8. The summed E-state index contributed by atoms with van der Waals surface area (Å²) in [6.07, 6.45) is 6.36. The van der Waals surface area contributed by atoms with E-state index < -0.39 is 21.9 Å². The number of carbonyl (C=O) groups excluding carboxylic acids is 2. The lowest BCUT2D eigenvalue weighted by Gasteiger charge is -2.57. The lowest BCUT2D eigenvalue weighted by atomic mass is 9.46. The average Bonchev–Trinajstić information content (AvgIpc) is 3.19. The molecule has 0 aromatic carbocycles. The van der Waals surface area contributed by atoms with Crippen LogP contribution >= 0.6 is 0 Å². The van der Waals surface area contributed by atoms with Crippen LogP contribution in [0.25, 0.3) is 0 Å². The number of aliphatic hydroxyl groups is 1. The predicted molar refractivity (Wildman–Crippen MR) is 142 cm³/mol. The molecule has 218 valence electrons. The highest BCUT2D eigenvalue weighted by Gasteiger charge is 2.62. The quantitative estimate of drug-likeness (QED) is 0.268. The molecule has 0 radical (unpaired) electrons. The summed E-state index contributed by atoms with van der Waals surface area (Å²) in [4.78, 5) is 26.3. The molecule has 4 aliphatic carbocycles. The van der Waals surface area contributed by atoms with Gasteiger partial charge in [-0.1, -0.05) is 24.1 Å². The van der Waals surface area contributed by atoms with Crippen LogP contribution in [0.3, 0.4) is 0 Å². The Labute approximate surface area is 231 Å². The van der Waals surface area contributed by atoms with Crippen molar-refractivity contribution >= 4 is 22.2 Å². The molecule has 3 saturated carbocycles. The van der Waals surface area contributed by atoms with E-state index in [4.69, 9.17) is 18.2 Å². The summed E-state index contributed by atoms with van der Waals surface area (Å²) in [5, 5.41) is 10.6. The molecule has 9 atom stereocenters. The zero-order chi connectivity index (χ0) is 28.3. The fraction of sp³-hybridized carbons (Fsp3) is 0.793. The summed E-state index contributed by atoms with van der Waals surface area (Å²) in [5.74, 6) is 0.541. The standard InChI is InChI=1S/C29H42O9S/c1-16-11-25(37-27(32)21(16)15-36-4)20(14-30)23-8-7-22-19-6-5-17-12-18(38-39(33,34)35)13-26(31)29(17,3)24(19)9-10-28(22,23)2/h5,18-20,22-25,30H,6-15H2,1-4H3,(H,33,34,35). The molecule has 2 N–H and O–H groups in total. The average molecular weight is 567 g/mol. The van der Waals surface area contributed by atoms with E-state index in [1.54, 1.807) is 7.11 Å². The maximum atomic E-state index is 13.5. The van der Waals surface area contributed by atoms with Gasteiger partial charge in [-0.05, 0) is 81.5 Å². The van der Waals surface area contributed by atoms with E-state index in [-0.39, 0.29) is 60.7 Å². The predicted octanol–water partition coefficient (Wildman–Crippen LogP) is 3.82. The first kappa shape index (κ1) is 28.9. The second kappa shape index (κ2) is 10.4. The fourth-order valence-electron chi connectivity index (χ4n) is 9.38. The van der Waals surface area contributed by atoms with Crippen LogP contribution in [-0.4, -0.2) is 62.4 Å². The van der Waals surface area contributed by atoms with E-state index in [1.165, 1.54) is 0 Å². The van der Waals surface area contributed by atoms with Gasteiger partial charge in [0, 0.05) is 32.5 Å².